The molecule has 216 valence electrons. The number of H-pyrrole nitrogens is 2. The number of ether oxygens (including phenoxy) is 1. The van der Waals surface area contributed by atoms with Crippen LogP contribution >= 0.6 is 12.2 Å². The average molecular weight is 608 g/mol. The van der Waals surface area contributed by atoms with E-state index in [0.717, 1.165) is 22.1 Å². The Hall–Kier alpha value is -4.96. The molecule has 0 saturated carbocycles. The van der Waals surface area contributed by atoms with E-state index in [4.69, 9.17) is 22.7 Å². The first-order chi connectivity index (χ1) is 20.2. The molecule has 5 aromatic rings. The van der Waals surface area contributed by atoms with E-state index in [0.29, 0.717) is 48.4 Å². The Morgan fingerprint density at radius 1 is 1.14 bits per heavy atom. The number of nitrogens with zero attached hydrogens (tertiary/aromatic N) is 5. The smallest absolute Gasteiger partial charge is 0.344 e. The Morgan fingerprint density at radius 2 is 1.86 bits per heavy atom. The van der Waals surface area contributed by atoms with Crippen molar-refractivity contribution in [2.24, 2.45) is 0 Å². The van der Waals surface area contributed by atoms with Gasteiger partial charge in [-0.15, -0.1) is 0 Å². The van der Waals surface area contributed by atoms with Gasteiger partial charge in [-0.2, -0.15) is 0 Å². The van der Waals surface area contributed by atoms with Gasteiger partial charge in [0, 0.05) is 42.6 Å². The van der Waals surface area contributed by atoms with Gasteiger partial charge in [0.1, 0.15) is 5.39 Å². The molecule has 0 radical (unpaired) electrons. The van der Waals surface area contributed by atoms with Crippen LogP contribution in [0.25, 0.3) is 21.9 Å². The molecular formula is C26H27N10O4S2+. The Bertz CT molecular complexity index is 1890. The number of methoxy groups -OCH3 is 1. The minimum absolute atomic E-state index is 0.00382. The highest BCUT2D eigenvalue weighted by Crippen LogP contribution is 2.37. The minimum Gasteiger partial charge on any atom is -0.504 e. The zero-order chi connectivity index (χ0) is 29.4. The fraction of sp³-hybridized carbons (Fsp3) is 0.192. The molecule has 7 N–H and O–H groups in total. The quantitative estimate of drug-likeness (QED) is 0.177. The third-order valence-electron chi connectivity index (χ3n) is 6.88. The van der Waals surface area contributed by atoms with Gasteiger partial charge in [-0.05, 0) is 48.6 Å². The topological polar surface area (TPSA) is 189 Å². The van der Waals surface area contributed by atoms with Crippen molar-refractivity contribution in [1.82, 2.24) is 24.8 Å². The molecule has 1 aliphatic heterocycles. The SMILES string of the molecule is COc1cc2[nH]c3nc(N)[nH+]c(N4CCN(C(=S)Nc5ccc(S(=O)(=O)Nc6ncccn6)cc5)CC4)c3c2cc1O. The van der Waals surface area contributed by atoms with E-state index < -0.39 is 10.0 Å². The summed E-state index contributed by atoms with van der Waals surface area (Å²) < 4.78 is 32.9. The summed E-state index contributed by atoms with van der Waals surface area (Å²) in [7, 11) is -2.34. The van der Waals surface area contributed by atoms with Crippen molar-refractivity contribution >= 4 is 72.7 Å². The van der Waals surface area contributed by atoms with Gasteiger partial charge >= 0.3 is 5.95 Å². The lowest BCUT2D eigenvalue weighted by Gasteiger charge is -2.35. The van der Waals surface area contributed by atoms with E-state index in [1.807, 2.05) is 4.90 Å². The first kappa shape index (κ1) is 27.2. The predicted octanol–water partition coefficient (Wildman–Crippen LogP) is 1.94. The number of anilines is 4. The number of piperazine rings is 1. The van der Waals surface area contributed by atoms with Crippen LogP contribution in [-0.2, 0) is 10.0 Å². The van der Waals surface area contributed by atoms with E-state index >= 15 is 0 Å². The van der Waals surface area contributed by atoms with Gasteiger partial charge in [0.05, 0.1) is 30.6 Å². The number of fused-ring (bicyclic) bond motifs is 3. The second kappa shape index (κ2) is 10.8. The minimum atomic E-state index is -3.84. The normalized spacial score (nSPS) is 13.8. The molecule has 1 aliphatic rings. The average Bonchev–Trinajstić information content (AvgIpc) is 3.33. The highest BCUT2D eigenvalue weighted by atomic mass is 32.2. The van der Waals surface area contributed by atoms with Crippen molar-refractivity contribution in [1.29, 1.82) is 0 Å². The number of nitrogens with two attached hydrogens (primary N) is 1. The van der Waals surface area contributed by atoms with Crippen molar-refractivity contribution in [3.8, 4) is 11.5 Å². The van der Waals surface area contributed by atoms with Gasteiger partial charge in [0.2, 0.25) is 17.4 Å². The molecule has 6 rings (SSSR count). The second-order valence-corrected chi connectivity index (χ2v) is 11.6. The lowest BCUT2D eigenvalue weighted by molar-refractivity contribution is -0.348. The van der Waals surface area contributed by atoms with Crippen LogP contribution in [0.1, 0.15) is 0 Å². The molecule has 16 heteroatoms. The maximum atomic E-state index is 12.6. The first-order valence-electron chi connectivity index (χ1n) is 12.8. The highest BCUT2D eigenvalue weighted by Gasteiger charge is 2.27. The molecule has 42 heavy (non-hydrogen) atoms. The molecule has 0 amide bonds. The number of phenols is 1. The van der Waals surface area contributed by atoms with Crippen LogP contribution in [-0.4, -0.2) is 76.8 Å². The van der Waals surface area contributed by atoms with Gasteiger partial charge in [-0.25, -0.2) is 28.1 Å². The molecule has 2 aromatic carbocycles. The van der Waals surface area contributed by atoms with Gasteiger partial charge < -0.3 is 35.7 Å². The number of rotatable bonds is 6. The van der Waals surface area contributed by atoms with Crippen molar-refractivity contribution in [3.05, 3.63) is 54.9 Å². The Balaban J connectivity index is 1.14. The fourth-order valence-electron chi connectivity index (χ4n) is 4.84. The molecule has 0 spiro atoms. The summed E-state index contributed by atoms with van der Waals surface area (Å²) in [5.74, 6) is 1.43. The third kappa shape index (κ3) is 5.24. The lowest BCUT2D eigenvalue weighted by atomic mass is 10.1. The molecular weight excluding hydrogens is 580 g/mol. The number of nitrogens with one attached hydrogen (secondary N) is 4. The van der Waals surface area contributed by atoms with Crippen LogP contribution < -0.4 is 30.4 Å². The van der Waals surface area contributed by atoms with E-state index in [2.05, 4.69) is 39.9 Å². The van der Waals surface area contributed by atoms with Gasteiger partial charge in [-0.1, -0.05) is 4.98 Å². The van der Waals surface area contributed by atoms with Crippen LogP contribution in [0.3, 0.4) is 0 Å². The fourth-order valence-corrected chi connectivity index (χ4v) is 6.10. The number of aromatic nitrogens is 5. The van der Waals surface area contributed by atoms with Crippen LogP contribution in [0.5, 0.6) is 11.5 Å². The summed E-state index contributed by atoms with van der Waals surface area (Å²) >= 11 is 5.66. The molecule has 1 fully saturated rings. The van der Waals surface area contributed by atoms with Gasteiger partial charge in [0.15, 0.2) is 16.6 Å². The number of sulfonamides is 1. The van der Waals surface area contributed by atoms with Gasteiger partial charge in [-0.3, -0.25) is 0 Å². The highest BCUT2D eigenvalue weighted by molar-refractivity contribution is 7.92. The maximum absolute atomic E-state index is 12.6. The van der Waals surface area contributed by atoms with Crippen LogP contribution in [0.4, 0.5) is 23.4 Å². The zero-order valence-electron chi connectivity index (χ0n) is 22.3. The number of hydrogen-bond donors (Lipinski definition) is 5. The molecule has 0 aliphatic carbocycles. The standard InChI is InChI=1S/C26H26N10O4S2/c1-40-20-14-18-17(13-19(20)37)21-22(31-18)32-24(27)33-23(21)35-9-11-36(12-10-35)26(41)30-15-3-5-16(6-4-15)42(38,39)34-25-28-7-2-8-29-25/h2-8,13-14,37H,9-12H2,1H3,(H,30,41)(H,28,29,34)(H3,27,31,32,33)/p+1. The summed E-state index contributed by atoms with van der Waals surface area (Å²) in [6.45, 7) is 2.52. The number of benzene rings is 2. The lowest BCUT2D eigenvalue weighted by Crippen LogP contribution is -2.51. The molecule has 14 nitrogen and oxygen atoms in total. The van der Waals surface area contributed by atoms with Crippen LogP contribution in [0.2, 0.25) is 0 Å². The van der Waals surface area contributed by atoms with Crippen molar-refractivity contribution in [2.45, 2.75) is 4.90 Å². The summed E-state index contributed by atoms with van der Waals surface area (Å²) in [5, 5.41) is 15.7. The maximum Gasteiger partial charge on any atom is 0.344 e. The summed E-state index contributed by atoms with van der Waals surface area (Å²) in [5.41, 5.74) is 8.12. The van der Waals surface area contributed by atoms with Crippen LogP contribution in [0.15, 0.2) is 59.8 Å². The predicted molar refractivity (Wildman–Crippen MR) is 162 cm³/mol. The summed E-state index contributed by atoms with van der Waals surface area (Å²) in [6, 6.07) is 11.2. The Morgan fingerprint density at radius 3 is 2.55 bits per heavy atom. The Kier molecular flexibility index (Phi) is 6.99. The monoisotopic (exact) mass is 607 g/mol. The van der Waals surface area contributed by atoms with E-state index in [1.54, 1.807) is 30.3 Å². The summed E-state index contributed by atoms with van der Waals surface area (Å²) in [6.07, 6.45) is 2.91. The molecule has 1 saturated heterocycles. The third-order valence-corrected chi connectivity index (χ3v) is 8.59. The number of hydrogen-bond acceptors (Lipinski definition) is 10. The van der Waals surface area contributed by atoms with Crippen molar-refractivity contribution < 1.29 is 23.2 Å². The van der Waals surface area contributed by atoms with Crippen molar-refractivity contribution in [2.75, 3.05) is 54.0 Å². The van der Waals surface area contributed by atoms with E-state index in [-0.39, 0.29) is 22.5 Å². The first-order valence-corrected chi connectivity index (χ1v) is 14.7. The van der Waals surface area contributed by atoms with Gasteiger partial charge in [0.25, 0.3) is 10.0 Å². The largest absolute Gasteiger partial charge is 0.504 e. The molecule has 3 aromatic heterocycles. The molecule has 4 heterocycles. The van der Waals surface area contributed by atoms with Crippen molar-refractivity contribution in [3.63, 3.8) is 0 Å². The number of aromatic hydroxyl groups is 1. The van der Waals surface area contributed by atoms with E-state index in [1.165, 1.54) is 31.6 Å². The molecule has 0 atom stereocenters. The Labute approximate surface area is 245 Å². The zero-order valence-corrected chi connectivity index (χ0v) is 24.0. The second-order valence-electron chi connectivity index (χ2n) is 9.50. The molecule has 0 unspecified atom stereocenters. The van der Waals surface area contributed by atoms with E-state index in [9.17, 15) is 13.5 Å². The number of phenolic OH excluding ortho intramolecular Hbond substituents is 1. The molecule has 0 bridgehead atoms. The number of aromatic amines is 2. The summed E-state index contributed by atoms with van der Waals surface area (Å²) in [4.78, 5) is 22.9. The number of nitrogen functional groups attached to an aromatic ring is 1. The van der Waals surface area contributed by atoms with Crippen LogP contribution in [0, 0.1) is 0 Å². The number of thiocarbonyl (C=S) groups is 1.